The molecule has 0 N–H and O–H groups in total. The van der Waals surface area contributed by atoms with Crippen molar-refractivity contribution in [2.75, 3.05) is 0 Å². The van der Waals surface area contributed by atoms with Gasteiger partial charge in [-0.05, 0) is 28.8 Å². The normalized spacial score (nSPS) is 10.7. The minimum atomic E-state index is 0.525. The van der Waals surface area contributed by atoms with Crippen LogP contribution < -0.4 is 0 Å². The predicted molar refractivity (Wildman–Crippen MR) is 65.1 cm³/mol. The molecule has 0 fully saturated rings. The molecule has 0 saturated heterocycles. The lowest BCUT2D eigenvalue weighted by Crippen LogP contribution is -1.97. The van der Waals surface area contributed by atoms with Gasteiger partial charge in [0.2, 0.25) is 20.2 Å². The molecule has 1 nitrogen and oxygen atoms in total. The maximum Gasteiger partial charge on any atom is 0.229 e. The minimum Gasteiger partial charge on any atom is -0.458 e. The molecule has 0 bridgehead atoms. The van der Waals surface area contributed by atoms with Gasteiger partial charge >= 0.3 is 0 Å². The van der Waals surface area contributed by atoms with Gasteiger partial charge in [-0.3, -0.25) is 0 Å². The van der Waals surface area contributed by atoms with E-state index in [2.05, 4.69) is 53.0 Å². The molecule has 3 heteroatoms. The van der Waals surface area contributed by atoms with Crippen molar-refractivity contribution < 1.29 is 4.12 Å². The molecule has 0 spiro atoms. The molecule has 0 aliphatic heterocycles. The molecule has 2 rings (SSSR count). The van der Waals surface area contributed by atoms with E-state index in [9.17, 15) is 0 Å². The van der Waals surface area contributed by atoms with E-state index in [1.807, 2.05) is 0 Å². The molecular weight excluding hydrogens is 216 g/mol. The van der Waals surface area contributed by atoms with E-state index in [1.54, 1.807) is 0 Å². The van der Waals surface area contributed by atoms with Crippen LogP contribution in [0.15, 0.2) is 42.5 Å². The van der Waals surface area contributed by atoms with Gasteiger partial charge in [0.25, 0.3) is 0 Å². The monoisotopic (exact) mass is 227 g/mol. The third-order valence-corrected chi connectivity index (χ3v) is 3.48. The van der Waals surface area contributed by atoms with E-state index in [1.165, 1.54) is 16.3 Å². The minimum absolute atomic E-state index is 0.525. The topological polar surface area (TPSA) is 9.23 Å². The molecular formula is C12H11OSi2. The summed E-state index contributed by atoms with van der Waals surface area (Å²) in [6.45, 7) is 0. The maximum atomic E-state index is 4.91. The lowest BCUT2D eigenvalue weighted by molar-refractivity contribution is 0.659. The Morgan fingerprint density at radius 1 is 1.07 bits per heavy atom. The van der Waals surface area contributed by atoms with Gasteiger partial charge in [0, 0.05) is 0 Å². The fourth-order valence-electron chi connectivity index (χ4n) is 1.75. The van der Waals surface area contributed by atoms with Gasteiger partial charge in [-0.25, -0.2) is 0 Å². The smallest absolute Gasteiger partial charge is 0.229 e. The van der Waals surface area contributed by atoms with E-state index in [0.29, 0.717) is 9.76 Å². The Balaban J connectivity index is 2.26. The van der Waals surface area contributed by atoms with Gasteiger partial charge < -0.3 is 4.12 Å². The van der Waals surface area contributed by atoms with Crippen LogP contribution >= 0.6 is 0 Å². The van der Waals surface area contributed by atoms with Crippen molar-refractivity contribution in [3.63, 3.8) is 0 Å². The maximum absolute atomic E-state index is 4.91. The fourth-order valence-corrected chi connectivity index (χ4v) is 2.53. The molecule has 0 aliphatic carbocycles. The Morgan fingerprint density at radius 3 is 2.73 bits per heavy atom. The first-order valence-corrected chi connectivity index (χ1v) is 6.46. The fraction of sp³-hybridized carbons (Fsp3) is 0.167. The second-order valence-electron chi connectivity index (χ2n) is 3.38. The third kappa shape index (κ3) is 2.56. The standard InChI is InChI=1S/C12H11OSi2/c14-13-15-9-8-11-6-3-5-10-4-1-2-7-12(10)11/h1-7H,8-9H2. The summed E-state index contributed by atoms with van der Waals surface area (Å²) in [6, 6.07) is 16.0. The first kappa shape index (κ1) is 10.6. The van der Waals surface area contributed by atoms with Gasteiger partial charge in [0.05, 0.1) is 0 Å². The van der Waals surface area contributed by atoms with Gasteiger partial charge in [-0.1, -0.05) is 42.5 Å². The molecule has 0 atom stereocenters. The average Bonchev–Trinajstić information content (AvgIpc) is 2.30. The van der Waals surface area contributed by atoms with Crippen LogP contribution in [0.1, 0.15) is 5.56 Å². The van der Waals surface area contributed by atoms with Crippen LogP contribution in [0.25, 0.3) is 10.8 Å². The zero-order valence-corrected chi connectivity index (χ0v) is 10.4. The van der Waals surface area contributed by atoms with E-state index in [4.69, 9.17) is 4.12 Å². The molecule has 2 aromatic rings. The van der Waals surface area contributed by atoms with Crippen molar-refractivity contribution in [3.8, 4) is 0 Å². The van der Waals surface area contributed by atoms with Crippen LogP contribution in [0.3, 0.4) is 0 Å². The van der Waals surface area contributed by atoms with Gasteiger partial charge in [0.1, 0.15) is 0 Å². The summed E-state index contributed by atoms with van der Waals surface area (Å²) in [7, 11) is 3.56. The van der Waals surface area contributed by atoms with Crippen LogP contribution in [-0.2, 0) is 10.5 Å². The van der Waals surface area contributed by atoms with Crippen molar-refractivity contribution in [1.29, 1.82) is 0 Å². The van der Waals surface area contributed by atoms with Crippen molar-refractivity contribution >= 4 is 31.0 Å². The predicted octanol–water partition coefficient (Wildman–Crippen LogP) is 2.52. The molecule has 0 saturated carbocycles. The molecule has 15 heavy (non-hydrogen) atoms. The number of fused-ring (bicyclic) bond motifs is 1. The molecule has 0 unspecified atom stereocenters. The van der Waals surface area contributed by atoms with Crippen molar-refractivity contribution in [2.45, 2.75) is 12.5 Å². The Morgan fingerprint density at radius 2 is 1.87 bits per heavy atom. The average molecular weight is 227 g/mol. The summed E-state index contributed by atoms with van der Waals surface area (Å²) in [5.74, 6) is 0. The molecule has 0 aliphatic rings. The van der Waals surface area contributed by atoms with Crippen molar-refractivity contribution in [3.05, 3.63) is 48.0 Å². The number of hydrogen-bond donors (Lipinski definition) is 0. The highest BCUT2D eigenvalue weighted by Crippen LogP contribution is 2.19. The lowest BCUT2D eigenvalue weighted by Gasteiger charge is -2.05. The summed E-state index contributed by atoms with van der Waals surface area (Å²) in [4.78, 5) is 0. The van der Waals surface area contributed by atoms with Crippen LogP contribution in [0, 0.1) is 0 Å². The van der Waals surface area contributed by atoms with E-state index in [0.717, 1.165) is 12.5 Å². The molecule has 73 valence electrons. The zero-order valence-electron chi connectivity index (χ0n) is 8.36. The largest absolute Gasteiger partial charge is 0.458 e. The Labute approximate surface area is 95.9 Å². The number of benzene rings is 2. The second kappa shape index (κ2) is 5.25. The molecule has 0 amide bonds. The molecule has 0 aromatic heterocycles. The zero-order chi connectivity index (χ0) is 10.5. The highest BCUT2D eigenvalue weighted by atomic mass is 28.3. The molecule has 2 aromatic carbocycles. The summed E-state index contributed by atoms with van der Waals surface area (Å²) in [5.41, 5.74) is 1.41. The van der Waals surface area contributed by atoms with Crippen LogP contribution in [0.2, 0.25) is 6.04 Å². The number of hydrogen-bond acceptors (Lipinski definition) is 1. The summed E-state index contributed by atoms with van der Waals surface area (Å²) in [6.07, 6.45) is 1.07. The first-order chi connectivity index (χ1) is 7.42. The van der Waals surface area contributed by atoms with Gasteiger partial charge in [-0.15, -0.1) is 0 Å². The number of aryl methyl sites for hydroxylation is 1. The summed E-state index contributed by atoms with van der Waals surface area (Å²) < 4.78 is 4.91. The third-order valence-electron chi connectivity index (χ3n) is 2.45. The lowest BCUT2D eigenvalue weighted by atomic mass is 10.0. The summed E-state index contributed by atoms with van der Waals surface area (Å²) in [5, 5.41) is 2.68. The Kier molecular flexibility index (Phi) is 3.71. The SMILES string of the molecule is [Si]O[Si]CCc1cccc2ccccc12. The van der Waals surface area contributed by atoms with Crippen LogP contribution in [0.5, 0.6) is 0 Å². The first-order valence-electron chi connectivity index (χ1n) is 4.94. The van der Waals surface area contributed by atoms with Gasteiger partial charge in [0.15, 0.2) is 0 Å². The summed E-state index contributed by atoms with van der Waals surface area (Å²) >= 11 is 0. The Hall–Kier alpha value is -0.906. The van der Waals surface area contributed by atoms with Crippen molar-refractivity contribution in [1.82, 2.24) is 0 Å². The van der Waals surface area contributed by atoms with E-state index >= 15 is 0 Å². The van der Waals surface area contributed by atoms with Crippen molar-refractivity contribution in [2.24, 2.45) is 0 Å². The molecule has 0 heterocycles. The van der Waals surface area contributed by atoms with Crippen LogP contribution in [0.4, 0.5) is 0 Å². The quantitative estimate of drug-likeness (QED) is 0.576. The van der Waals surface area contributed by atoms with Gasteiger partial charge in [-0.2, -0.15) is 0 Å². The second-order valence-corrected chi connectivity index (χ2v) is 4.99. The van der Waals surface area contributed by atoms with Crippen LogP contribution in [-0.4, -0.2) is 20.2 Å². The highest BCUT2D eigenvalue weighted by Gasteiger charge is 1.99. The molecule has 5 radical (unpaired) electrons. The highest BCUT2D eigenvalue weighted by molar-refractivity contribution is 6.34. The van der Waals surface area contributed by atoms with E-state index in [-0.39, 0.29) is 0 Å². The van der Waals surface area contributed by atoms with E-state index < -0.39 is 0 Å². The Bertz CT molecular complexity index is 437. The number of rotatable bonds is 4.